The number of hydrogen-bond acceptors (Lipinski definition) is 6. The second kappa shape index (κ2) is 6.00. The van der Waals surface area contributed by atoms with Gasteiger partial charge in [0.2, 0.25) is 5.88 Å². The van der Waals surface area contributed by atoms with Gasteiger partial charge in [-0.25, -0.2) is 0 Å². The highest BCUT2D eigenvalue weighted by Gasteiger charge is 2.52. The summed E-state index contributed by atoms with van der Waals surface area (Å²) in [5.41, 5.74) is 5.68. The number of carbonyl (C=O) groups is 2. The molecule has 1 aliphatic heterocycles. The molecule has 0 aliphatic carbocycles. The maximum atomic E-state index is 12.4. The third-order valence-electron chi connectivity index (χ3n) is 3.12. The van der Waals surface area contributed by atoms with Crippen LogP contribution < -0.4 is 5.73 Å². The number of nitriles is 1. The van der Waals surface area contributed by atoms with Crippen molar-refractivity contribution in [2.24, 2.45) is 5.73 Å². The van der Waals surface area contributed by atoms with Crippen LogP contribution in [0.1, 0.15) is 30.6 Å². The number of carbonyl (C=O) groups excluding carboxylic acids is 2. The number of benzene rings is 1. The predicted molar refractivity (Wildman–Crippen MR) is 77.3 cm³/mol. The summed E-state index contributed by atoms with van der Waals surface area (Å²) in [7, 11) is 0. The summed E-state index contributed by atoms with van der Waals surface area (Å²) in [6.07, 6.45) is -0.738. The van der Waals surface area contributed by atoms with Crippen molar-refractivity contribution in [2.75, 3.05) is 0 Å². The Balaban J connectivity index is 2.32. The molecule has 1 aromatic rings. The largest absolute Gasteiger partial charge is 0.438 e. The van der Waals surface area contributed by atoms with Crippen molar-refractivity contribution in [2.45, 2.75) is 32.2 Å². The smallest absolute Gasteiger partial charge is 0.285 e. The Morgan fingerprint density at radius 1 is 1.41 bits per heavy atom. The molecule has 22 heavy (non-hydrogen) atoms. The highest BCUT2D eigenvalue weighted by Crippen LogP contribution is 2.34. The molecule has 1 atom stereocenters. The number of Topliss-reactive ketones (excluding diaryl/α,β-unsaturated/α-hetero) is 2. The summed E-state index contributed by atoms with van der Waals surface area (Å²) in [6.45, 7) is 3.40. The molecular formula is C16H16N2O4. The molecule has 1 aromatic carbocycles. The van der Waals surface area contributed by atoms with E-state index in [0.717, 1.165) is 0 Å². The van der Waals surface area contributed by atoms with Crippen molar-refractivity contribution >= 4 is 11.6 Å². The fraction of sp³-hybridized carbons (Fsp3) is 0.312. The second-order valence-electron chi connectivity index (χ2n) is 5.17. The van der Waals surface area contributed by atoms with E-state index in [1.807, 2.05) is 0 Å². The van der Waals surface area contributed by atoms with E-state index in [1.54, 1.807) is 50.2 Å². The predicted octanol–water partition coefficient (Wildman–Crippen LogP) is 1.67. The van der Waals surface area contributed by atoms with Crippen LogP contribution in [0.2, 0.25) is 0 Å². The minimum absolute atomic E-state index is 0.311. The molecule has 0 saturated carbocycles. The molecule has 6 heteroatoms. The quantitative estimate of drug-likeness (QED) is 0.830. The van der Waals surface area contributed by atoms with Gasteiger partial charge in [0, 0.05) is 5.56 Å². The normalized spacial score (nSPS) is 20.9. The van der Waals surface area contributed by atoms with E-state index in [1.165, 1.54) is 0 Å². The van der Waals surface area contributed by atoms with E-state index in [0.29, 0.717) is 5.56 Å². The zero-order valence-electron chi connectivity index (χ0n) is 12.3. The number of hydrogen-bond donors (Lipinski definition) is 1. The molecule has 2 N–H and O–H groups in total. The summed E-state index contributed by atoms with van der Waals surface area (Å²) >= 11 is 0. The highest BCUT2D eigenvalue weighted by atomic mass is 16.7. The maximum absolute atomic E-state index is 12.4. The van der Waals surface area contributed by atoms with Gasteiger partial charge in [-0.1, -0.05) is 30.3 Å². The Kier molecular flexibility index (Phi) is 4.29. The monoisotopic (exact) mass is 300 g/mol. The lowest BCUT2D eigenvalue weighted by molar-refractivity contribution is -0.213. The van der Waals surface area contributed by atoms with E-state index < -0.39 is 17.7 Å². The summed E-state index contributed by atoms with van der Waals surface area (Å²) < 4.78 is 10.9. The van der Waals surface area contributed by atoms with Crippen LogP contribution in [0.15, 0.2) is 41.8 Å². The van der Waals surface area contributed by atoms with Crippen molar-refractivity contribution in [1.29, 1.82) is 5.26 Å². The lowest BCUT2D eigenvalue weighted by Gasteiger charge is -2.29. The highest BCUT2D eigenvalue weighted by molar-refractivity contribution is 6.10. The maximum Gasteiger partial charge on any atom is 0.285 e. The molecule has 114 valence electrons. The van der Waals surface area contributed by atoms with Crippen LogP contribution in [-0.4, -0.2) is 23.5 Å². The zero-order valence-corrected chi connectivity index (χ0v) is 12.3. The molecule has 0 radical (unpaired) electrons. The Labute approximate surface area is 128 Å². The molecule has 0 saturated heterocycles. The van der Waals surface area contributed by atoms with E-state index >= 15 is 0 Å². The summed E-state index contributed by atoms with van der Waals surface area (Å²) in [5, 5.41) is 9.00. The van der Waals surface area contributed by atoms with E-state index in [2.05, 4.69) is 0 Å². The molecule has 0 fully saturated rings. The Hall–Kier alpha value is -2.65. The topological polar surface area (TPSA) is 102 Å². The van der Waals surface area contributed by atoms with Crippen LogP contribution in [0.4, 0.5) is 0 Å². The third kappa shape index (κ3) is 2.85. The standard InChI is InChI=1S/C16H16N2O4/c1-10(2)21-16(14(20)12(9-17)15(18)22-16)8-13(19)11-6-4-3-5-7-11/h3-7,10H,8,18H2,1-2H3. The van der Waals surface area contributed by atoms with Crippen molar-refractivity contribution < 1.29 is 19.1 Å². The van der Waals surface area contributed by atoms with Crippen molar-refractivity contribution in [3.8, 4) is 6.07 Å². The van der Waals surface area contributed by atoms with E-state index in [-0.39, 0.29) is 23.7 Å². The van der Waals surface area contributed by atoms with Gasteiger partial charge in [-0.2, -0.15) is 5.26 Å². The van der Waals surface area contributed by atoms with Gasteiger partial charge >= 0.3 is 0 Å². The Morgan fingerprint density at radius 2 is 2.05 bits per heavy atom. The molecule has 0 amide bonds. The first-order valence-electron chi connectivity index (χ1n) is 6.79. The van der Waals surface area contributed by atoms with E-state index in [4.69, 9.17) is 20.5 Å². The Bertz CT molecular complexity index is 673. The SMILES string of the molecule is CC(C)OC1(CC(=O)c2ccccc2)OC(N)=C(C#N)C1=O. The molecular weight excluding hydrogens is 284 g/mol. The average Bonchev–Trinajstić information content (AvgIpc) is 2.69. The minimum Gasteiger partial charge on any atom is -0.438 e. The molecule has 1 unspecified atom stereocenters. The summed E-state index contributed by atoms with van der Waals surface area (Å²) in [4.78, 5) is 24.8. The van der Waals surface area contributed by atoms with Crippen molar-refractivity contribution in [1.82, 2.24) is 0 Å². The molecule has 1 aliphatic rings. The van der Waals surface area contributed by atoms with Crippen LogP contribution >= 0.6 is 0 Å². The lowest BCUT2D eigenvalue weighted by Crippen LogP contribution is -2.44. The van der Waals surface area contributed by atoms with Gasteiger partial charge in [-0.15, -0.1) is 0 Å². The summed E-state index contributed by atoms with van der Waals surface area (Å²) in [5.74, 6) is -3.22. The number of nitrogens with two attached hydrogens (primary N) is 1. The minimum atomic E-state index is -1.86. The van der Waals surface area contributed by atoms with Crippen LogP contribution in [0.25, 0.3) is 0 Å². The second-order valence-corrected chi connectivity index (χ2v) is 5.17. The third-order valence-corrected chi connectivity index (χ3v) is 3.12. The van der Waals surface area contributed by atoms with Gasteiger partial charge in [-0.05, 0) is 13.8 Å². The van der Waals surface area contributed by atoms with E-state index in [9.17, 15) is 9.59 Å². The van der Waals surface area contributed by atoms with Gasteiger partial charge in [0.25, 0.3) is 11.6 Å². The molecule has 2 rings (SSSR count). The van der Waals surface area contributed by atoms with Crippen molar-refractivity contribution in [3.05, 3.63) is 47.4 Å². The molecule has 0 bridgehead atoms. The first-order valence-corrected chi connectivity index (χ1v) is 6.79. The fourth-order valence-corrected chi connectivity index (χ4v) is 2.24. The first-order chi connectivity index (χ1) is 10.4. The van der Waals surface area contributed by atoms with Gasteiger partial charge in [0.05, 0.1) is 12.5 Å². The van der Waals surface area contributed by atoms with Crippen LogP contribution in [0.3, 0.4) is 0 Å². The molecule has 6 nitrogen and oxygen atoms in total. The zero-order chi connectivity index (χ0) is 16.3. The number of nitrogens with zero attached hydrogens (tertiary/aromatic N) is 1. The molecule has 0 aromatic heterocycles. The number of ether oxygens (including phenoxy) is 2. The fourth-order valence-electron chi connectivity index (χ4n) is 2.24. The van der Waals surface area contributed by atoms with Gasteiger partial charge < -0.3 is 15.2 Å². The Morgan fingerprint density at radius 3 is 2.55 bits per heavy atom. The lowest BCUT2D eigenvalue weighted by atomic mass is 9.97. The number of rotatable bonds is 5. The molecule has 1 heterocycles. The van der Waals surface area contributed by atoms with Crippen molar-refractivity contribution in [3.63, 3.8) is 0 Å². The average molecular weight is 300 g/mol. The first kappa shape index (κ1) is 15.7. The van der Waals surface area contributed by atoms with Crippen LogP contribution in [0.5, 0.6) is 0 Å². The van der Waals surface area contributed by atoms with Gasteiger partial charge in [0.15, 0.2) is 11.4 Å². The van der Waals surface area contributed by atoms with Crippen LogP contribution in [0, 0.1) is 11.3 Å². The molecule has 0 spiro atoms. The number of ketones is 2. The van der Waals surface area contributed by atoms with Gasteiger partial charge in [0.1, 0.15) is 6.07 Å². The van der Waals surface area contributed by atoms with Gasteiger partial charge in [-0.3, -0.25) is 9.59 Å². The summed E-state index contributed by atoms with van der Waals surface area (Å²) in [6, 6.07) is 10.2. The van der Waals surface area contributed by atoms with Crippen LogP contribution in [-0.2, 0) is 14.3 Å².